The lowest BCUT2D eigenvalue weighted by Gasteiger charge is -2.22. The Bertz CT molecular complexity index is 277. The molecule has 1 N–H and O–H groups in total. The molecule has 0 aromatic rings. The van der Waals surface area contributed by atoms with Gasteiger partial charge in [-0.15, -0.1) is 0 Å². The molecule has 1 aliphatic carbocycles. The second-order valence-corrected chi connectivity index (χ2v) is 5.28. The number of hydrogen-bond donors (Lipinski definition) is 2. The van der Waals surface area contributed by atoms with E-state index in [4.69, 9.17) is 0 Å². The highest BCUT2D eigenvalue weighted by Gasteiger charge is 2.26. The maximum atomic E-state index is 11.8. The summed E-state index contributed by atoms with van der Waals surface area (Å²) in [5.41, 5.74) is 0. The SMILES string of the molecule is CC(C)C(S)C(=O)N(C)CC(=O)NC1CC1. The number of carbonyl (C=O) groups is 2. The molecule has 4 nitrogen and oxygen atoms in total. The summed E-state index contributed by atoms with van der Waals surface area (Å²) in [5.74, 6) is -0.00306. The third kappa shape index (κ3) is 4.04. The van der Waals surface area contributed by atoms with Gasteiger partial charge in [-0.3, -0.25) is 9.59 Å². The van der Waals surface area contributed by atoms with E-state index in [2.05, 4.69) is 17.9 Å². The van der Waals surface area contributed by atoms with Crippen LogP contribution in [0.15, 0.2) is 0 Å². The van der Waals surface area contributed by atoms with Crippen LogP contribution in [0.3, 0.4) is 0 Å². The molecule has 1 saturated carbocycles. The van der Waals surface area contributed by atoms with E-state index in [1.807, 2.05) is 13.8 Å². The fraction of sp³-hybridized carbons (Fsp3) is 0.818. The van der Waals surface area contributed by atoms with Crippen molar-refractivity contribution in [3.8, 4) is 0 Å². The topological polar surface area (TPSA) is 49.4 Å². The Morgan fingerprint density at radius 1 is 1.44 bits per heavy atom. The van der Waals surface area contributed by atoms with Gasteiger partial charge >= 0.3 is 0 Å². The first-order valence-electron chi connectivity index (χ1n) is 5.64. The Labute approximate surface area is 102 Å². The Kier molecular flexibility index (Phi) is 4.65. The van der Waals surface area contributed by atoms with Gasteiger partial charge in [0.05, 0.1) is 11.8 Å². The molecule has 0 bridgehead atoms. The first-order valence-corrected chi connectivity index (χ1v) is 6.16. The zero-order valence-electron chi connectivity index (χ0n) is 10.1. The largest absolute Gasteiger partial charge is 0.352 e. The monoisotopic (exact) mass is 244 g/mol. The number of nitrogens with zero attached hydrogens (tertiary/aromatic N) is 1. The number of nitrogens with one attached hydrogen (secondary N) is 1. The van der Waals surface area contributed by atoms with E-state index in [1.165, 1.54) is 4.90 Å². The number of rotatable bonds is 5. The normalized spacial score (nSPS) is 17.1. The second kappa shape index (κ2) is 5.57. The van der Waals surface area contributed by atoms with Gasteiger partial charge in [-0.05, 0) is 18.8 Å². The Hall–Kier alpha value is -0.710. The van der Waals surface area contributed by atoms with Gasteiger partial charge in [0.2, 0.25) is 11.8 Å². The van der Waals surface area contributed by atoms with Crippen molar-refractivity contribution in [3.63, 3.8) is 0 Å². The summed E-state index contributed by atoms with van der Waals surface area (Å²) in [4.78, 5) is 24.7. The fourth-order valence-corrected chi connectivity index (χ4v) is 1.50. The first kappa shape index (κ1) is 13.4. The Balaban J connectivity index is 2.34. The van der Waals surface area contributed by atoms with Crippen molar-refractivity contribution >= 4 is 24.4 Å². The molecule has 0 radical (unpaired) electrons. The third-order valence-electron chi connectivity index (χ3n) is 2.58. The first-order chi connectivity index (χ1) is 7.41. The molecule has 1 aliphatic rings. The molecular formula is C11H20N2O2S. The highest BCUT2D eigenvalue weighted by Crippen LogP contribution is 2.18. The van der Waals surface area contributed by atoms with E-state index in [1.54, 1.807) is 7.05 Å². The van der Waals surface area contributed by atoms with E-state index in [0.717, 1.165) is 12.8 Å². The molecule has 5 heteroatoms. The van der Waals surface area contributed by atoms with Crippen LogP contribution in [0.1, 0.15) is 26.7 Å². The highest BCUT2D eigenvalue weighted by atomic mass is 32.1. The summed E-state index contributed by atoms with van der Waals surface area (Å²) in [6.45, 7) is 4.00. The Morgan fingerprint density at radius 2 is 2.00 bits per heavy atom. The van der Waals surface area contributed by atoms with E-state index >= 15 is 0 Å². The number of thiol groups is 1. The zero-order chi connectivity index (χ0) is 12.3. The minimum atomic E-state index is -0.335. The molecule has 1 unspecified atom stereocenters. The number of hydrogen-bond acceptors (Lipinski definition) is 3. The average molecular weight is 244 g/mol. The molecule has 0 saturated heterocycles. The van der Waals surface area contributed by atoms with Crippen molar-refractivity contribution in [3.05, 3.63) is 0 Å². The molecule has 1 fully saturated rings. The summed E-state index contributed by atoms with van der Waals surface area (Å²) in [7, 11) is 1.64. The van der Waals surface area contributed by atoms with E-state index < -0.39 is 0 Å². The summed E-state index contributed by atoms with van der Waals surface area (Å²) < 4.78 is 0. The van der Waals surface area contributed by atoms with Gasteiger partial charge < -0.3 is 10.2 Å². The van der Waals surface area contributed by atoms with Crippen molar-refractivity contribution in [1.29, 1.82) is 0 Å². The van der Waals surface area contributed by atoms with Crippen LogP contribution < -0.4 is 5.32 Å². The van der Waals surface area contributed by atoms with E-state index in [0.29, 0.717) is 6.04 Å². The fourth-order valence-electron chi connectivity index (χ4n) is 1.31. The predicted octanol–water partition coefficient (Wildman–Crippen LogP) is 0.678. The van der Waals surface area contributed by atoms with Gasteiger partial charge in [-0.1, -0.05) is 13.8 Å². The second-order valence-electron chi connectivity index (χ2n) is 4.72. The van der Waals surface area contributed by atoms with Crippen molar-refractivity contribution in [2.24, 2.45) is 5.92 Å². The lowest BCUT2D eigenvalue weighted by atomic mass is 10.1. The lowest BCUT2D eigenvalue weighted by Crippen LogP contribution is -2.43. The van der Waals surface area contributed by atoms with Crippen molar-refractivity contribution in [2.75, 3.05) is 13.6 Å². The molecule has 92 valence electrons. The number of likely N-dealkylation sites (N-methyl/N-ethyl adjacent to an activating group) is 1. The van der Waals surface area contributed by atoms with E-state index in [-0.39, 0.29) is 29.5 Å². The molecule has 1 rings (SSSR count). The average Bonchev–Trinajstić information content (AvgIpc) is 2.98. The lowest BCUT2D eigenvalue weighted by molar-refractivity contribution is -0.134. The molecule has 0 heterocycles. The maximum absolute atomic E-state index is 11.8. The van der Waals surface area contributed by atoms with E-state index in [9.17, 15) is 9.59 Å². The molecule has 0 aromatic carbocycles. The summed E-state index contributed by atoms with van der Waals surface area (Å²) in [6.07, 6.45) is 2.12. The van der Waals surface area contributed by atoms with Crippen LogP contribution in [0.2, 0.25) is 0 Å². The van der Waals surface area contributed by atoms with Crippen LogP contribution in [0.4, 0.5) is 0 Å². The highest BCUT2D eigenvalue weighted by molar-refractivity contribution is 7.81. The van der Waals surface area contributed by atoms with Crippen molar-refractivity contribution < 1.29 is 9.59 Å². The predicted molar refractivity (Wildman–Crippen MR) is 66.4 cm³/mol. The summed E-state index contributed by atoms with van der Waals surface area (Å²) >= 11 is 4.24. The quantitative estimate of drug-likeness (QED) is 0.699. The molecule has 0 aliphatic heterocycles. The van der Waals surface area contributed by atoms with Crippen LogP contribution in [0, 0.1) is 5.92 Å². The smallest absolute Gasteiger partial charge is 0.239 e. The molecule has 2 amide bonds. The number of amides is 2. The van der Waals surface area contributed by atoms with Gasteiger partial charge in [0.15, 0.2) is 0 Å². The zero-order valence-corrected chi connectivity index (χ0v) is 11.0. The molecule has 16 heavy (non-hydrogen) atoms. The van der Waals surface area contributed by atoms with Gasteiger partial charge in [0.25, 0.3) is 0 Å². The van der Waals surface area contributed by atoms with Crippen LogP contribution in [-0.2, 0) is 9.59 Å². The molecule has 0 spiro atoms. The van der Waals surface area contributed by atoms with Crippen LogP contribution in [-0.4, -0.2) is 41.6 Å². The molecule has 1 atom stereocenters. The Morgan fingerprint density at radius 3 is 2.44 bits per heavy atom. The van der Waals surface area contributed by atoms with Gasteiger partial charge in [0.1, 0.15) is 0 Å². The summed E-state index contributed by atoms with van der Waals surface area (Å²) in [5, 5.41) is 2.52. The van der Waals surface area contributed by atoms with Crippen LogP contribution in [0.5, 0.6) is 0 Å². The maximum Gasteiger partial charge on any atom is 0.239 e. The standard InChI is InChI=1S/C11H20N2O2S/c1-7(2)10(16)11(15)13(3)6-9(14)12-8-4-5-8/h7-8,10,16H,4-6H2,1-3H3,(H,12,14). The number of carbonyl (C=O) groups excluding carboxylic acids is 2. The molecular weight excluding hydrogens is 224 g/mol. The molecule has 0 aromatic heterocycles. The van der Waals surface area contributed by atoms with Crippen LogP contribution in [0.25, 0.3) is 0 Å². The third-order valence-corrected chi connectivity index (χ3v) is 3.40. The van der Waals surface area contributed by atoms with Gasteiger partial charge in [-0.2, -0.15) is 12.6 Å². The minimum Gasteiger partial charge on any atom is -0.352 e. The van der Waals surface area contributed by atoms with Gasteiger partial charge in [-0.25, -0.2) is 0 Å². The van der Waals surface area contributed by atoms with Gasteiger partial charge in [0, 0.05) is 13.1 Å². The van der Waals surface area contributed by atoms with Crippen molar-refractivity contribution in [1.82, 2.24) is 10.2 Å². The summed E-state index contributed by atoms with van der Waals surface area (Å²) in [6, 6.07) is 0.341. The van der Waals surface area contributed by atoms with Crippen molar-refractivity contribution in [2.45, 2.75) is 38.0 Å². The van der Waals surface area contributed by atoms with Crippen LogP contribution >= 0.6 is 12.6 Å². The minimum absolute atomic E-state index is 0.0809.